The molecule has 3 rings (SSSR count). The van der Waals surface area contributed by atoms with E-state index in [-0.39, 0.29) is 43.9 Å². The molecule has 3 N–H and O–H groups in total. The van der Waals surface area contributed by atoms with Crippen molar-refractivity contribution in [1.82, 2.24) is 0 Å². The van der Waals surface area contributed by atoms with Gasteiger partial charge in [-0.05, 0) is 100 Å². The van der Waals surface area contributed by atoms with Crippen molar-refractivity contribution in [2.75, 3.05) is 0 Å². The minimum atomic E-state index is -1.49. The Bertz CT molecular complexity index is 1490. The van der Waals surface area contributed by atoms with E-state index in [4.69, 9.17) is 0 Å². The van der Waals surface area contributed by atoms with Crippen molar-refractivity contribution in [3.63, 3.8) is 0 Å². The lowest BCUT2D eigenvalue weighted by atomic mass is 9.63. The Kier molecular flexibility index (Phi) is 13.3. The summed E-state index contributed by atoms with van der Waals surface area (Å²) in [5.74, 6) is -4.33. The van der Waals surface area contributed by atoms with E-state index < -0.39 is 46.0 Å². The number of aldehydes is 1. The van der Waals surface area contributed by atoms with Gasteiger partial charge >= 0.3 is 17.9 Å². The van der Waals surface area contributed by atoms with Gasteiger partial charge in [-0.2, -0.15) is 0 Å². The molecule has 7 heteroatoms. The molecule has 48 heavy (non-hydrogen) atoms. The van der Waals surface area contributed by atoms with Crippen molar-refractivity contribution in [2.45, 2.75) is 97.3 Å². The van der Waals surface area contributed by atoms with Crippen LogP contribution in [0.4, 0.5) is 0 Å². The van der Waals surface area contributed by atoms with E-state index in [9.17, 15) is 34.5 Å². The molecule has 0 aliphatic rings. The second kappa shape index (κ2) is 16.7. The quantitative estimate of drug-likeness (QED) is 0.103. The fourth-order valence-corrected chi connectivity index (χ4v) is 7.61. The van der Waals surface area contributed by atoms with Gasteiger partial charge in [-0.15, -0.1) is 0 Å². The molecule has 3 aromatic carbocycles. The SMILES string of the molecule is CCC(CC(C)(CC(C)(CC(CC(C)(CC(C=O)CC(C)c1ccccc1)C(=O)O)c1ccccc1)C(=O)O)C(=O)O)c1ccccc1. The minimum absolute atomic E-state index is 0.0341. The predicted octanol–water partition coefficient (Wildman–Crippen LogP) is 9.20. The Morgan fingerprint density at radius 2 is 0.979 bits per heavy atom. The molecule has 258 valence electrons. The van der Waals surface area contributed by atoms with E-state index in [0.29, 0.717) is 12.8 Å². The van der Waals surface area contributed by atoms with Gasteiger partial charge in [0.05, 0.1) is 16.2 Å². The molecule has 0 saturated heterocycles. The smallest absolute Gasteiger partial charge is 0.309 e. The summed E-state index contributed by atoms with van der Waals surface area (Å²) in [4.78, 5) is 51.4. The summed E-state index contributed by atoms with van der Waals surface area (Å²) in [6.45, 7) is 8.88. The first-order chi connectivity index (χ1) is 22.7. The molecule has 3 aromatic rings. The van der Waals surface area contributed by atoms with Crippen molar-refractivity contribution < 1.29 is 34.5 Å². The molecule has 0 saturated carbocycles. The largest absolute Gasteiger partial charge is 0.481 e. The number of carboxylic acids is 3. The number of hydrogen-bond acceptors (Lipinski definition) is 4. The Balaban J connectivity index is 1.96. The molecule has 0 bridgehead atoms. The number of benzene rings is 3. The highest BCUT2D eigenvalue weighted by Gasteiger charge is 2.48. The van der Waals surface area contributed by atoms with Crippen molar-refractivity contribution in [1.29, 1.82) is 0 Å². The minimum Gasteiger partial charge on any atom is -0.481 e. The normalized spacial score (nSPS) is 17.8. The monoisotopic (exact) mass is 656 g/mol. The lowest BCUT2D eigenvalue weighted by molar-refractivity contribution is -0.158. The zero-order valence-electron chi connectivity index (χ0n) is 29.0. The molecule has 0 spiro atoms. The molecule has 0 amide bonds. The van der Waals surface area contributed by atoms with Gasteiger partial charge in [0.2, 0.25) is 0 Å². The molecular formula is C41H52O7. The summed E-state index contributed by atoms with van der Waals surface area (Å²) in [7, 11) is 0. The lowest BCUT2D eigenvalue weighted by Gasteiger charge is -2.40. The van der Waals surface area contributed by atoms with E-state index in [1.54, 1.807) is 20.8 Å². The summed E-state index contributed by atoms with van der Waals surface area (Å²) in [5.41, 5.74) is -1.34. The Hall–Kier alpha value is -4.26. The van der Waals surface area contributed by atoms with Crippen LogP contribution in [0, 0.1) is 22.2 Å². The average molecular weight is 657 g/mol. The molecule has 7 atom stereocenters. The van der Waals surface area contributed by atoms with Crippen LogP contribution in [-0.4, -0.2) is 39.5 Å². The Labute approximate surface area is 285 Å². The van der Waals surface area contributed by atoms with E-state index in [2.05, 4.69) is 0 Å². The maximum Gasteiger partial charge on any atom is 0.309 e. The lowest BCUT2D eigenvalue weighted by Crippen LogP contribution is -2.41. The van der Waals surface area contributed by atoms with Crippen molar-refractivity contribution in [2.24, 2.45) is 22.2 Å². The van der Waals surface area contributed by atoms with Crippen LogP contribution < -0.4 is 0 Å². The first-order valence-corrected chi connectivity index (χ1v) is 17.0. The number of aliphatic carboxylic acids is 3. The fraction of sp³-hybridized carbons (Fsp3) is 0.463. The maximum atomic E-state index is 13.1. The van der Waals surface area contributed by atoms with E-state index in [1.807, 2.05) is 105 Å². The number of rotatable bonds is 20. The van der Waals surface area contributed by atoms with Crippen LogP contribution in [0.2, 0.25) is 0 Å². The standard InChI is InChI=1S/C41H52O7/c1-6-31(33-18-12-8-13-19-33)24-40(4,37(45)46)28-41(5,38(47)48)26-35(34-20-14-9-15-21-34)25-39(3,36(43)44)23-30(27-42)22-29(2)32-16-10-7-11-17-32/h7-21,27,29-31,35H,6,22-26,28H2,1-5H3,(H,43,44)(H,45,46)(H,47,48). The first-order valence-electron chi connectivity index (χ1n) is 17.0. The molecule has 0 fully saturated rings. The predicted molar refractivity (Wildman–Crippen MR) is 188 cm³/mol. The Morgan fingerprint density at radius 3 is 1.38 bits per heavy atom. The van der Waals surface area contributed by atoms with Crippen LogP contribution in [0.3, 0.4) is 0 Å². The van der Waals surface area contributed by atoms with Crippen molar-refractivity contribution in [3.8, 4) is 0 Å². The molecule has 7 nitrogen and oxygen atoms in total. The average Bonchev–Trinajstić information content (AvgIpc) is 3.07. The van der Waals surface area contributed by atoms with Crippen LogP contribution in [0.5, 0.6) is 0 Å². The second-order valence-electron chi connectivity index (χ2n) is 14.7. The molecule has 0 heterocycles. The topological polar surface area (TPSA) is 129 Å². The van der Waals surface area contributed by atoms with Gasteiger partial charge in [0.15, 0.2) is 0 Å². The van der Waals surface area contributed by atoms with Crippen LogP contribution in [0.25, 0.3) is 0 Å². The number of carbonyl (C=O) groups is 4. The molecule has 7 unspecified atom stereocenters. The van der Waals surface area contributed by atoms with E-state index in [0.717, 1.165) is 23.0 Å². The zero-order valence-corrected chi connectivity index (χ0v) is 29.0. The van der Waals surface area contributed by atoms with Crippen LogP contribution in [-0.2, 0) is 19.2 Å². The summed E-state index contributed by atoms with van der Waals surface area (Å²) in [5, 5.41) is 31.9. The highest BCUT2D eigenvalue weighted by Crippen LogP contribution is 2.49. The maximum absolute atomic E-state index is 13.1. The van der Waals surface area contributed by atoms with Crippen molar-refractivity contribution >= 4 is 24.2 Å². The van der Waals surface area contributed by atoms with E-state index in [1.165, 1.54) is 0 Å². The molecule has 0 aromatic heterocycles. The third kappa shape index (κ3) is 9.88. The van der Waals surface area contributed by atoms with Gasteiger partial charge in [0.25, 0.3) is 0 Å². The summed E-state index contributed by atoms with van der Waals surface area (Å²) >= 11 is 0. The highest BCUT2D eigenvalue weighted by atomic mass is 16.4. The Morgan fingerprint density at radius 1 is 0.604 bits per heavy atom. The van der Waals surface area contributed by atoms with Crippen LogP contribution >= 0.6 is 0 Å². The molecule has 0 radical (unpaired) electrons. The number of carbonyl (C=O) groups excluding carboxylic acids is 1. The molecular weight excluding hydrogens is 604 g/mol. The van der Waals surface area contributed by atoms with Gasteiger partial charge < -0.3 is 20.1 Å². The first kappa shape index (κ1) is 38.2. The number of hydrogen-bond donors (Lipinski definition) is 3. The summed E-state index contributed by atoms with van der Waals surface area (Å²) in [6, 6.07) is 28.7. The van der Waals surface area contributed by atoms with Gasteiger partial charge in [-0.3, -0.25) is 14.4 Å². The third-order valence-corrected chi connectivity index (χ3v) is 10.4. The summed E-state index contributed by atoms with van der Waals surface area (Å²) < 4.78 is 0. The fourth-order valence-electron chi connectivity index (χ4n) is 7.61. The van der Waals surface area contributed by atoms with Crippen LogP contribution in [0.1, 0.15) is 114 Å². The second-order valence-corrected chi connectivity index (χ2v) is 14.7. The number of carboxylic acid groups (broad SMARTS) is 3. The summed E-state index contributed by atoms with van der Waals surface area (Å²) in [6.07, 6.45) is 2.36. The molecule has 0 aliphatic carbocycles. The van der Waals surface area contributed by atoms with Gasteiger partial charge in [0, 0.05) is 5.92 Å². The molecule has 0 aliphatic heterocycles. The van der Waals surface area contributed by atoms with Crippen molar-refractivity contribution in [3.05, 3.63) is 108 Å². The van der Waals surface area contributed by atoms with Gasteiger partial charge in [-0.1, -0.05) is 105 Å². The van der Waals surface area contributed by atoms with E-state index >= 15 is 0 Å². The van der Waals surface area contributed by atoms with Gasteiger partial charge in [-0.25, -0.2) is 0 Å². The zero-order chi connectivity index (χ0) is 35.5. The third-order valence-electron chi connectivity index (χ3n) is 10.4. The highest BCUT2D eigenvalue weighted by molar-refractivity contribution is 5.79. The van der Waals surface area contributed by atoms with Crippen LogP contribution in [0.15, 0.2) is 91.0 Å². The van der Waals surface area contributed by atoms with Gasteiger partial charge in [0.1, 0.15) is 6.29 Å².